The maximum Gasteiger partial charge on any atom is 0.313 e. The van der Waals surface area contributed by atoms with Crippen LogP contribution in [0.5, 0.6) is 0 Å². The molecule has 2 nitrogen and oxygen atoms in total. The van der Waals surface area contributed by atoms with Gasteiger partial charge in [-0.3, -0.25) is 4.79 Å². The third kappa shape index (κ3) is 2.37. The Balaban J connectivity index is 2.35. The van der Waals surface area contributed by atoms with Crippen LogP contribution in [0.1, 0.15) is 26.7 Å². The van der Waals surface area contributed by atoms with Gasteiger partial charge in [0.25, 0.3) is 0 Å². The summed E-state index contributed by atoms with van der Waals surface area (Å²) >= 11 is 0. The number of hydrogen-bond acceptors (Lipinski definition) is 2. The molecule has 0 saturated heterocycles. The second-order valence-electron chi connectivity index (χ2n) is 3.10. The minimum atomic E-state index is -0.0752. The number of hydrogen-bond donors (Lipinski definition) is 0. The van der Waals surface area contributed by atoms with Crippen LogP contribution >= 0.6 is 0 Å². The lowest BCUT2D eigenvalue weighted by molar-refractivity contribution is -0.150. The fraction of sp³-hybridized carbons (Fsp3) is 0.667. The molecule has 62 valence electrons. The molecule has 0 saturated carbocycles. The van der Waals surface area contributed by atoms with Crippen molar-refractivity contribution in [2.75, 3.05) is 0 Å². The highest BCUT2D eigenvalue weighted by atomic mass is 16.5. The van der Waals surface area contributed by atoms with Crippen molar-refractivity contribution in [3.8, 4) is 0 Å². The van der Waals surface area contributed by atoms with Crippen molar-refractivity contribution >= 4 is 5.97 Å². The minimum absolute atomic E-state index is 0.0106. The summed E-state index contributed by atoms with van der Waals surface area (Å²) < 4.78 is 5.04. The zero-order valence-corrected chi connectivity index (χ0v) is 7.04. The average molecular weight is 154 g/mol. The van der Waals surface area contributed by atoms with Crippen LogP contribution in [0.4, 0.5) is 0 Å². The molecule has 1 atom stereocenters. The molecular formula is C9H14O2. The molecule has 0 heterocycles. The summed E-state index contributed by atoms with van der Waals surface area (Å²) in [5.74, 6) is -0.0499. The van der Waals surface area contributed by atoms with Crippen LogP contribution in [-0.2, 0) is 9.53 Å². The molecule has 0 radical (unpaired) electrons. The van der Waals surface area contributed by atoms with Crippen molar-refractivity contribution in [1.82, 2.24) is 0 Å². The molecule has 0 aromatic rings. The van der Waals surface area contributed by atoms with E-state index in [0.717, 1.165) is 12.8 Å². The number of esters is 1. The smallest absolute Gasteiger partial charge is 0.313 e. The number of allylic oxidation sites excluding steroid dienone is 1. The van der Waals surface area contributed by atoms with Crippen LogP contribution < -0.4 is 0 Å². The van der Waals surface area contributed by atoms with Crippen molar-refractivity contribution in [3.05, 3.63) is 12.2 Å². The Kier molecular flexibility index (Phi) is 2.69. The van der Waals surface area contributed by atoms with Crippen molar-refractivity contribution in [2.45, 2.75) is 32.8 Å². The van der Waals surface area contributed by atoms with Gasteiger partial charge in [-0.25, -0.2) is 0 Å². The highest BCUT2D eigenvalue weighted by Gasteiger charge is 2.19. The molecule has 1 rings (SSSR count). The topological polar surface area (TPSA) is 26.3 Å². The fourth-order valence-corrected chi connectivity index (χ4v) is 1.15. The lowest BCUT2D eigenvalue weighted by atomic mass is 10.1. The molecule has 0 aromatic heterocycles. The van der Waals surface area contributed by atoms with Gasteiger partial charge in [0.1, 0.15) is 0 Å². The summed E-state index contributed by atoms with van der Waals surface area (Å²) in [6.45, 7) is 3.74. The summed E-state index contributed by atoms with van der Waals surface area (Å²) in [5.41, 5.74) is 0. The SMILES string of the molecule is CC(C)OC(=O)[C@@H]1C=CCC1. The largest absolute Gasteiger partial charge is 0.463 e. The molecule has 2 heteroatoms. The number of carbonyl (C=O) groups excluding carboxylic acids is 1. The van der Waals surface area contributed by atoms with E-state index in [4.69, 9.17) is 4.74 Å². The Bertz CT molecular complexity index is 170. The van der Waals surface area contributed by atoms with Crippen LogP contribution in [0.25, 0.3) is 0 Å². The van der Waals surface area contributed by atoms with Crippen LogP contribution in [0.2, 0.25) is 0 Å². The molecule has 0 N–H and O–H groups in total. The summed E-state index contributed by atoms with van der Waals surface area (Å²) in [4.78, 5) is 11.2. The van der Waals surface area contributed by atoms with Gasteiger partial charge < -0.3 is 4.74 Å². The van der Waals surface area contributed by atoms with E-state index < -0.39 is 0 Å². The average Bonchev–Trinajstić information content (AvgIpc) is 2.35. The lowest BCUT2D eigenvalue weighted by Crippen LogP contribution is -2.18. The maximum absolute atomic E-state index is 11.2. The van der Waals surface area contributed by atoms with Crippen LogP contribution in [0, 0.1) is 5.92 Å². The summed E-state index contributed by atoms with van der Waals surface area (Å²) in [5, 5.41) is 0. The first-order valence-corrected chi connectivity index (χ1v) is 4.07. The first-order valence-electron chi connectivity index (χ1n) is 4.07. The Morgan fingerprint density at radius 2 is 2.36 bits per heavy atom. The molecule has 0 amide bonds. The van der Waals surface area contributed by atoms with E-state index in [-0.39, 0.29) is 18.0 Å². The van der Waals surface area contributed by atoms with Gasteiger partial charge in [0.2, 0.25) is 0 Å². The van der Waals surface area contributed by atoms with Crippen molar-refractivity contribution in [1.29, 1.82) is 0 Å². The quantitative estimate of drug-likeness (QED) is 0.448. The van der Waals surface area contributed by atoms with Crippen LogP contribution in [0.15, 0.2) is 12.2 Å². The van der Waals surface area contributed by atoms with Gasteiger partial charge in [-0.2, -0.15) is 0 Å². The second kappa shape index (κ2) is 3.56. The predicted molar refractivity (Wildman–Crippen MR) is 43.1 cm³/mol. The molecular weight excluding hydrogens is 140 g/mol. The van der Waals surface area contributed by atoms with Crippen LogP contribution in [0.3, 0.4) is 0 Å². The third-order valence-corrected chi connectivity index (χ3v) is 1.67. The van der Waals surface area contributed by atoms with Gasteiger partial charge in [-0.05, 0) is 26.7 Å². The molecule has 0 bridgehead atoms. The van der Waals surface area contributed by atoms with Crippen molar-refractivity contribution < 1.29 is 9.53 Å². The van der Waals surface area contributed by atoms with Crippen molar-refractivity contribution in [3.63, 3.8) is 0 Å². The molecule has 0 aromatic carbocycles. The van der Waals surface area contributed by atoms with E-state index in [0.29, 0.717) is 0 Å². The van der Waals surface area contributed by atoms with Gasteiger partial charge in [0.15, 0.2) is 0 Å². The molecule has 0 aliphatic heterocycles. The molecule has 0 fully saturated rings. The number of rotatable bonds is 2. The van der Waals surface area contributed by atoms with Crippen LogP contribution in [-0.4, -0.2) is 12.1 Å². The van der Waals surface area contributed by atoms with E-state index in [1.165, 1.54) is 0 Å². The first kappa shape index (κ1) is 8.31. The Labute approximate surface area is 67.2 Å². The predicted octanol–water partition coefficient (Wildman–Crippen LogP) is 1.90. The van der Waals surface area contributed by atoms with Gasteiger partial charge in [0.05, 0.1) is 12.0 Å². The number of carbonyl (C=O) groups is 1. The molecule has 0 spiro atoms. The van der Waals surface area contributed by atoms with Crippen molar-refractivity contribution in [2.24, 2.45) is 5.92 Å². The Morgan fingerprint density at radius 1 is 1.64 bits per heavy atom. The Morgan fingerprint density at radius 3 is 2.82 bits per heavy atom. The van der Waals surface area contributed by atoms with E-state index >= 15 is 0 Å². The summed E-state index contributed by atoms with van der Waals surface area (Å²) in [6.07, 6.45) is 5.91. The van der Waals surface area contributed by atoms with Gasteiger partial charge in [-0.1, -0.05) is 12.2 Å². The van der Waals surface area contributed by atoms with E-state index in [2.05, 4.69) is 0 Å². The minimum Gasteiger partial charge on any atom is -0.463 e. The van der Waals surface area contributed by atoms with Gasteiger partial charge >= 0.3 is 5.97 Å². The highest BCUT2D eigenvalue weighted by Crippen LogP contribution is 2.18. The summed E-state index contributed by atoms with van der Waals surface area (Å²) in [6, 6.07) is 0. The van der Waals surface area contributed by atoms with Gasteiger partial charge in [0, 0.05) is 0 Å². The third-order valence-electron chi connectivity index (χ3n) is 1.67. The molecule has 1 aliphatic carbocycles. The standard InChI is InChI=1S/C9H14O2/c1-7(2)11-9(10)8-5-3-4-6-8/h3,5,7-8H,4,6H2,1-2H3/t8-/m1/s1. The molecule has 0 unspecified atom stereocenters. The number of ether oxygens (including phenoxy) is 1. The zero-order valence-electron chi connectivity index (χ0n) is 7.04. The molecule has 1 aliphatic rings. The normalized spacial score (nSPS) is 22.6. The Hall–Kier alpha value is -0.790. The van der Waals surface area contributed by atoms with E-state index in [1.54, 1.807) is 0 Å². The summed E-state index contributed by atoms with van der Waals surface area (Å²) in [7, 11) is 0. The fourth-order valence-electron chi connectivity index (χ4n) is 1.15. The van der Waals surface area contributed by atoms with Gasteiger partial charge in [-0.15, -0.1) is 0 Å². The second-order valence-corrected chi connectivity index (χ2v) is 3.10. The zero-order chi connectivity index (χ0) is 8.27. The van der Waals surface area contributed by atoms with E-state index in [1.807, 2.05) is 26.0 Å². The first-order chi connectivity index (χ1) is 5.20. The molecule has 11 heavy (non-hydrogen) atoms. The maximum atomic E-state index is 11.2. The monoisotopic (exact) mass is 154 g/mol. The lowest BCUT2D eigenvalue weighted by Gasteiger charge is -2.10. The highest BCUT2D eigenvalue weighted by molar-refractivity contribution is 5.75. The van der Waals surface area contributed by atoms with E-state index in [9.17, 15) is 4.79 Å².